The summed E-state index contributed by atoms with van der Waals surface area (Å²) in [6.45, 7) is 0. The number of benzene rings is 2. The third-order valence-corrected chi connectivity index (χ3v) is 6.29. The number of nitriles is 2. The molecule has 0 radical (unpaired) electrons. The quantitative estimate of drug-likeness (QED) is 0.439. The molecule has 1 aliphatic heterocycles. The first-order valence-electron chi connectivity index (χ1n) is 9.53. The largest absolute Gasteiger partial charge is 0.384 e. The van der Waals surface area contributed by atoms with Gasteiger partial charge < -0.3 is 5.73 Å². The Balaban J connectivity index is 2.02. The first-order valence-corrected chi connectivity index (χ1v) is 10.3. The van der Waals surface area contributed by atoms with Crippen molar-refractivity contribution >= 4 is 40.2 Å². The van der Waals surface area contributed by atoms with E-state index in [0.29, 0.717) is 11.1 Å². The minimum atomic E-state index is -1.00. The SMILES string of the molecule is N#CC1=C(N)n2c(s/c(=C\c3cccc([N+](=O)[O-])c3)c2=O)=C(C#N)C1c1cccc([N+](=O)[O-])c1. The maximum absolute atomic E-state index is 13.1. The lowest BCUT2D eigenvalue weighted by Gasteiger charge is -2.22. The molecule has 4 rings (SSSR count). The van der Waals surface area contributed by atoms with Gasteiger partial charge in [-0.3, -0.25) is 29.6 Å². The second-order valence-electron chi connectivity index (χ2n) is 7.13. The molecule has 12 heteroatoms. The molecule has 0 aliphatic carbocycles. The Morgan fingerprint density at radius 3 is 2.24 bits per heavy atom. The number of hydrogen-bond acceptors (Lipinski definition) is 9. The number of rotatable bonds is 4. The van der Waals surface area contributed by atoms with E-state index in [1.165, 1.54) is 48.5 Å². The zero-order valence-electron chi connectivity index (χ0n) is 17.0. The number of hydrogen-bond donors (Lipinski definition) is 1. The second kappa shape index (κ2) is 8.46. The Morgan fingerprint density at radius 1 is 1.00 bits per heavy atom. The van der Waals surface area contributed by atoms with Crippen LogP contribution in [0.3, 0.4) is 0 Å². The monoisotopic (exact) mass is 472 g/mol. The molecule has 1 aromatic heterocycles. The predicted octanol–water partition coefficient (Wildman–Crippen LogP) is 1.68. The van der Waals surface area contributed by atoms with Crippen LogP contribution < -0.4 is 20.5 Å². The van der Waals surface area contributed by atoms with Crippen molar-refractivity contribution in [2.24, 2.45) is 5.73 Å². The van der Waals surface area contributed by atoms with Gasteiger partial charge in [-0.1, -0.05) is 24.3 Å². The number of thiazole rings is 1. The van der Waals surface area contributed by atoms with Gasteiger partial charge in [-0.05, 0) is 17.2 Å². The van der Waals surface area contributed by atoms with Crippen molar-refractivity contribution < 1.29 is 9.85 Å². The normalized spacial score (nSPS) is 15.4. The molecule has 3 aromatic rings. The number of nitrogens with zero attached hydrogens (tertiary/aromatic N) is 5. The first-order chi connectivity index (χ1) is 16.3. The lowest BCUT2D eigenvalue weighted by molar-refractivity contribution is -0.385. The molecule has 0 spiro atoms. The molecule has 0 saturated carbocycles. The van der Waals surface area contributed by atoms with Gasteiger partial charge in [0.1, 0.15) is 10.5 Å². The lowest BCUT2D eigenvalue weighted by Crippen LogP contribution is -2.38. The van der Waals surface area contributed by atoms with E-state index < -0.39 is 21.3 Å². The maximum Gasteiger partial charge on any atom is 0.274 e. The number of non-ortho nitro benzene ring substituents is 2. The van der Waals surface area contributed by atoms with E-state index in [9.17, 15) is 35.5 Å². The zero-order valence-corrected chi connectivity index (χ0v) is 17.9. The van der Waals surface area contributed by atoms with Gasteiger partial charge in [0.25, 0.3) is 16.9 Å². The van der Waals surface area contributed by atoms with Gasteiger partial charge in [0.15, 0.2) is 0 Å². The molecule has 1 atom stereocenters. The van der Waals surface area contributed by atoms with Gasteiger partial charge >= 0.3 is 0 Å². The topological polar surface area (TPSA) is 182 Å². The predicted molar refractivity (Wildman–Crippen MR) is 122 cm³/mol. The van der Waals surface area contributed by atoms with Crippen LogP contribution in [-0.2, 0) is 0 Å². The van der Waals surface area contributed by atoms with E-state index in [-0.39, 0.29) is 37.5 Å². The Hall–Kier alpha value is -5.07. The molecule has 2 aromatic carbocycles. The zero-order chi connectivity index (χ0) is 24.6. The molecule has 0 fully saturated rings. The number of nitrogens with two attached hydrogens (primary N) is 1. The van der Waals surface area contributed by atoms with Crippen molar-refractivity contribution in [1.82, 2.24) is 4.57 Å². The van der Waals surface area contributed by atoms with Crippen LogP contribution in [0.4, 0.5) is 11.4 Å². The summed E-state index contributed by atoms with van der Waals surface area (Å²) in [6, 6.07) is 15.1. The fourth-order valence-electron chi connectivity index (χ4n) is 3.68. The highest BCUT2D eigenvalue weighted by molar-refractivity contribution is 7.07. The second-order valence-corrected chi connectivity index (χ2v) is 8.16. The van der Waals surface area contributed by atoms with E-state index >= 15 is 0 Å². The molecule has 34 heavy (non-hydrogen) atoms. The summed E-state index contributed by atoms with van der Waals surface area (Å²) in [6.07, 6.45) is 1.43. The number of allylic oxidation sites excluding steroid dienone is 1. The van der Waals surface area contributed by atoms with E-state index in [1.54, 1.807) is 6.07 Å². The summed E-state index contributed by atoms with van der Waals surface area (Å²) in [5.74, 6) is -1.19. The molecular weight excluding hydrogens is 460 g/mol. The van der Waals surface area contributed by atoms with Gasteiger partial charge in [0.2, 0.25) is 0 Å². The van der Waals surface area contributed by atoms with Crippen LogP contribution in [0.2, 0.25) is 0 Å². The average Bonchev–Trinajstić information content (AvgIpc) is 3.15. The first kappa shape index (κ1) is 22.1. The average molecular weight is 472 g/mol. The summed E-state index contributed by atoms with van der Waals surface area (Å²) >= 11 is 0.937. The van der Waals surface area contributed by atoms with E-state index in [1.807, 2.05) is 12.1 Å². The minimum Gasteiger partial charge on any atom is -0.384 e. The van der Waals surface area contributed by atoms with Crippen molar-refractivity contribution in [1.29, 1.82) is 10.5 Å². The molecule has 0 saturated heterocycles. The van der Waals surface area contributed by atoms with Crippen LogP contribution in [0.15, 0.2) is 58.9 Å². The van der Waals surface area contributed by atoms with Crippen molar-refractivity contribution in [3.05, 3.63) is 105 Å². The highest BCUT2D eigenvalue weighted by atomic mass is 32.1. The third-order valence-electron chi connectivity index (χ3n) is 5.18. The van der Waals surface area contributed by atoms with Gasteiger partial charge in [-0.2, -0.15) is 10.5 Å². The van der Waals surface area contributed by atoms with Crippen molar-refractivity contribution in [2.75, 3.05) is 0 Å². The van der Waals surface area contributed by atoms with Gasteiger partial charge in [0.05, 0.1) is 43.6 Å². The van der Waals surface area contributed by atoms with Gasteiger partial charge in [-0.15, -0.1) is 11.3 Å². The molecule has 0 bridgehead atoms. The highest BCUT2D eigenvalue weighted by Gasteiger charge is 2.32. The fraction of sp³-hybridized carbons (Fsp3) is 0.0455. The summed E-state index contributed by atoms with van der Waals surface area (Å²) in [7, 11) is 0. The summed E-state index contributed by atoms with van der Waals surface area (Å²) in [5, 5.41) is 42.0. The lowest BCUT2D eigenvalue weighted by atomic mass is 9.84. The molecule has 1 unspecified atom stereocenters. The van der Waals surface area contributed by atoms with E-state index in [4.69, 9.17) is 5.73 Å². The molecular formula is C22H12N6O5S. The summed E-state index contributed by atoms with van der Waals surface area (Å²) < 4.78 is 1.37. The van der Waals surface area contributed by atoms with Gasteiger partial charge in [0, 0.05) is 24.3 Å². The Kier molecular flexibility index (Phi) is 5.51. The number of fused-ring (bicyclic) bond motifs is 1. The maximum atomic E-state index is 13.1. The van der Waals surface area contributed by atoms with Crippen molar-refractivity contribution in [3.8, 4) is 12.1 Å². The van der Waals surface area contributed by atoms with Crippen molar-refractivity contribution in [2.45, 2.75) is 5.92 Å². The Labute approximate surface area is 194 Å². The number of aromatic nitrogens is 1. The van der Waals surface area contributed by atoms with Crippen LogP contribution in [0.5, 0.6) is 0 Å². The van der Waals surface area contributed by atoms with Crippen molar-refractivity contribution in [3.63, 3.8) is 0 Å². The van der Waals surface area contributed by atoms with Crippen LogP contribution in [0.1, 0.15) is 17.0 Å². The van der Waals surface area contributed by atoms with Crippen LogP contribution in [-0.4, -0.2) is 14.4 Å². The summed E-state index contributed by atoms with van der Waals surface area (Å²) in [4.78, 5) is 34.3. The third kappa shape index (κ3) is 3.60. The highest BCUT2D eigenvalue weighted by Crippen LogP contribution is 2.36. The Morgan fingerprint density at radius 2 is 1.62 bits per heavy atom. The smallest absolute Gasteiger partial charge is 0.274 e. The van der Waals surface area contributed by atoms with E-state index in [0.717, 1.165) is 15.9 Å². The molecule has 2 heterocycles. The van der Waals surface area contributed by atoms with Crippen LogP contribution in [0.25, 0.3) is 17.5 Å². The van der Waals surface area contributed by atoms with Crippen LogP contribution >= 0.6 is 11.3 Å². The van der Waals surface area contributed by atoms with Gasteiger partial charge in [-0.25, -0.2) is 0 Å². The number of nitro benzene ring substituents is 2. The molecule has 0 amide bonds. The minimum absolute atomic E-state index is 0.0343. The molecule has 1 aliphatic rings. The summed E-state index contributed by atoms with van der Waals surface area (Å²) in [5.41, 5.74) is 5.85. The molecule has 166 valence electrons. The Bertz CT molecular complexity index is 1690. The fourth-order valence-corrected chi connectivity index (χ4v) is 4.81. The standard InChI is InChI=1S/C22H12N6O5S/c23-10-16-19(13-4-2-6-15(9-13)28(32)33)17(11-24)22-26(20(16)25)21(29)18(34-22)8-12-3-1-5-14(7-12)27(30)31/h1-9,19H,25H2/b18-8-. The number of nitro groups is 2. The van der Waals surface area contributed by atoms with Crippen LogP contribution in [0, 0.1) is 42.9 Å². The van der Waals surface area contributed by atoms with E-state index in [2.05, 4.69) is 0 Å². The molecule has 2 N–H and O–H groups in total. The molecule has 11 nitrogen and oxygen atoms in total.